The third kappa shape index (κ3) is 3.07. The van der Waals surface area contributed by atoms with Crippen molar-refractivity contribution in [2.24, 2.45) is 23.2 Å². The first-order chi connectivity index (χ1) is 10.7. The Bertz CT molecular complexity index is 449. The lowest BCUT2D eigenvalue weighted by atomic mass is 9.50. The topological polar surface area (TPSA) is 44.8 Å². The minimum absolute atomic E-state index is 0.215. The fourth-order valence-corrected chi connectivity index (χ4v) is 5.13. The van der Waals surface area contributed by atoms with E-state index in [4.69, 9.17) is 4.74 Å². The molecule has 4 nitrogen and oxygen atoms in total. The average molecular weight is 358 g/mol. The van der Waals surface area contributed by atoms with E-state index < -0.39 is 18.0 Å². The molecule has 0 spiro atoms. The number of carbonyl (C=O) groups is 1. The van der Waals surface area contributed by atoms with Gasteiger partial charge in [-0.2, -0.15) is 26.8 Å². The minimum Gasteiger partial charge on any atom is -0.461 e. The quantitative estimate of drug-likeness (QED) is 0.203. The molecule has 9 heteroatoms. The largest absolute Gasteiger partial charge is 0.463 e. The Morgan fingerprint density at radius 2 is 1.52 bits per heavy atom. The lowest BCUT2D eigenvalue weighted by molar-refractivity contribution is -0.407. The van der Waals surface area contributed by atoms with Crippen molar-refractivity contribution in [3.63, 3.8) is 0 Å². The number of alkyl halides is 4. The van der Waals surface area contributed by atoms with Crippen LogP contribution in [-0.2, 0) is 18.8 Å². The summed E-state index contributed by atoms with van der Waals surface area (Å²) < 4.78 is 60.1. The lowest BCUT2D eigenvalue weighted by Crippen LogP contribution is -2.53. The molecule has 4 fully saturated rings. The van der Waals surface area contributed by atoms with Gasteiger partial charge in [-0.15, -0.1) is 0 Å². The smallest absolute Gasteiger partial charge is 0.461 e. The zero-order valence-corrected chi connectivity index (χ0v) is 13.2. The SMILES string of the molecule is O=C(OCC12CC3CC(CC(C3)C1)C2)C(F)(OOS)C(F)(F)F. The van der Waals surface area contributed by atoms with Crippen LogP contribution in [0.1, 0.15) is 38.5 Å². The highest BCUT2D eigenvalue weighted by atomic mass is 32.1. The Balaban J connectivity index is 1.66. The van der Waals surface area contributed by atoms with Gasteiger partial charge in [-0.25, -0.2) is 4.79 Å². The molecule has 0 saturated heterocycles. The monoisotopic (exact) mass is 358 g/mol. The number of hydrogen-bond donors (Lipinski definition) is 1. The second-order valence-electron chi connectivity index (χ2n) is 7.24. The summed E-state index contributed by atoms with van der Waals surface area (Å²) in [5.41, 5.74) is -0.321. The van der Waals surface area contributed by atoms with Crippen molar-refractivity contribution in [3.8, 4) is 0 Å². The summed E-state index contributed by atoms with van der Waals surface area (Å²) in [6.07, 6.45) is 0.261. The van der Waals surface area contributed by atoms with Crippen molar-refractivity contribution < 1.29 is 36.3 Å². The molecule has 4 aliphatic carbocycles. The average Bonchev–Trinajstić information content (AvgIpc) is 2.42. The van der Waals surface area contributed by atoms with Crippen molar-refractivity contribution in [2.75, 3.05) is 6.61 Å². The van der Waals surface area contributed by atoms with Crippen molar-refractivity contribution in [3.05, 3.63) is 0 Å². The molecule has 23 heavy (non-hydrogen) atoms. The van der Waals surface area contributed by atoms with Gasteiger partial charge in [0, 0.05) is 18.3 Å². The van der Waals surface area contributed by atoms with E-state index >= 15 is 0 Å². The lowest BCUT2D eigenvalue weighted by Gasteiger charge is -2.56. The Hall–Kier alpha value is -0.540. The molecule has 0 heterocycles. The predicted molar refractivity (Wildman–Crippen MR) is 72.6 cm³/mol. The maximum Gasteiger partial charge on any atom is 0.463 e. The number of esters is 1. The van der Waals surface area contributed by atoms with E-state index in [2.05, 4.69) is 22.1 Å². The van der Waals surface area contributed by atoms with Gasteiger partial charge in [0.15, 0.2) is 0 Å². The Morgan fingerprint density at radius 3 is 1.91 bits per heavy atom. The van der Waals surface area contributed by atoms with Crippen LogP contribution in [0.4, 0.5) is 17.6 Å². The predicted octanol–water partition coefficient (Wildman–Crippen LogP) is 3.77. The first-order valence-electron chi connectivity index (χ1n) is 7.59. The van der Waals surface area contributed by atoms with Gasteiger partial charge in [0.25, 0.3) is 0 Å². The van der Waals surface area contributed by atoms with Gasteiger partial charge in [0.2, 0.25) is 0 Å². The third-order valence-electron chi connectivity index (χ3n) is 5.45. The summed E-state index contributed by atoms with van der Waals surface area (Å²) in [5, 5.41) is 0. The molecule has 0 aromatic heterocycles. The molecule has 0 radical (unpaired) electrons. The normalized spacial score (nSPS) is 38.4. The van der Waals surface area contributed by atoms with E-state index in [9.17, 15) is 22.4 Å². The molecule has 1 unspecified atom stereocenters. The fraction of sp³-hybridized carbons (Fsp3) is 0.929. The maximum absolute atomic E-state index is 13.9. The standard InChI is InChI=1S/C14H18F4O4S/c15-13(21-22-23,14(16,17)18)11(19)20-7-12-4-8-1-9(5-12)3-10(2-8)6-12/h8-10,23H,1-7H2. The molecule has 0 N–H and O–H groups in total. The summed E-state index contributed by atoms with van der Waals surface area (Å²) in [6, 6.07) is 0. The van der Waals surface area contributed by atoms with E-state index in [0.29, 0.717) is 17.8 Å². The third-order valence-corrected chi connectivity index (χ3v) is 5.53. The Morgan fingerprint density at radius 1 is 1.04 bits per heavy atom. The summed E-state index contributed by atoms with van der Waals surface area (Å²) in [6.45, 7) is -0.215. The van der Waals surface area contributed by atoms with Gasteiger partial charge >= 0.3 is 18.0 Å². The van der Waals surface area contributed by atoms with Gasteiger partial charge in [0.05, 0.1) is 6.61 Å². The Labute approximate surface area is 136 Å². The number of halogens is 4. The van der Waals surface area contributed by atoms with Gasteiger partial charge in [-0.1, -0.05) is 0 Å². The van der Waals surface area contributed by atoms with Crippen LogP contribution in [0, 0.1) is 23.2 Å². The first-order valence-corrected chi connectivity index (χ1v) is 7.96. The van der Waals surface area contributed by atoms with Crippen molar-refractivity contribution in [1.29, 1.82) is 0 Å². The highest BCUT2D eigenvalue weighted by Crippen LogP contribution is 2.60. The van der Waals surface area contributed by atoms with E-state index in [-0.39, 0.29) is 12.0 Å². The molecule has 4 saturated carbocycles. The Kier molecular flexibility index (Phi) is 4.34. The minimum atomic E-state index is -5.62. The summed E-state index contributed by atoms with van der Waals surface area (Å²) >= 11 is 2.91. The highest BCUT2D eigenvalue weighted by molar-refractivity contribution is 7.74. The number of rotatable bonds is 5. The first kappa shape index (κ1) is 17.3. The summed E-state index contributed by atoms with van der Waals surface area (Å²) in [5.74, 6) is -5.20. The zero-order chi connectivity index (χ0) is 16.9. The molecule has 0 aromatic rings. The second-order valence-corrected chi connectivity index (χ2v) is 7.39. The van der Waals surface area contributed by atoms with Crippen LogP contribution in [0.3, 0.4) is 0 Å². The molecular formula is C14H18F4O4S. The molecule has 4 rings (SSSR count). The van der Waals surface area contributed by atoms with Gasteiger partial charge < -0.3 is 4.74 Å². The van der Waals surface area contributed by atoms with Crippen molar-refractivity contribution in [2.45, 2.75) is 50.6 Å². The molecule has 0 aliphatic heterocycles. The highest BCUT2D eigenvalue weighted by Gasteiger charge is 2.67. The van der Waals surface area contributed by atoms with Crippen LogP contribution in [-0.4, -0.2) is 24.6 Å². The maximum atomic E-state index is 13.9. The molecule has 4 bridgehead atoms. The number of thiol groups is 1. The van der Waals surface area contributed by atoms with Gasteiger partial charge in [-0.05, 0) is 56.3 Å². The molecule has 0 amide bonds. The zero-order valence-electron chi connectivity index (χ0n) is 12.3. The number of carbonyl (C=O) groups excluding carboxylic acids is 1. The van der Waals surface area contributed by atoms with E-state index in [1.807, 2.05) is 0 Å². The van der Waals surface area contributed by atoms with Crippen LogP contribution in [0.5, 0.6) is 0 Å². The summed E-state index contributed by atoms with van der Waals surface area (Å²) in [7, 11) is 0. The molecule has 4 aliphatic rings. The second kappa shape index (κ2) is 5.77. The molecule has 0 aromatic carbocycles. The van der Waals surface area contributed by atoms with Gasteiger partial charge in [0.1, 0.15) is 0 Å². The number of ether oxygens (including phenoxy) is 1. The van der Waals surface area contributed by atoms with E-state index in [1.54, 1.807) is 0 Å². The van der Waals surface area contributed by atoms with Crippen LogP contribution >= 0.6 is 12.9 Å². The molecule has 132 valence electrons. The van der Waals surface area contributed by atoms with Crippen molar-refractivity contribution >= 4 is 18.9 Å². The van der Waals surface area contributed by atoms with Crippen LogP contribution in [0.2, 0.25) is 0 Å². The van der Waals surface area contributed by atoms with Crippen LogP contribution in [0.15, 0.2) is 0 Å². The van der Waals surface area contributed by atoms with E-state index in [0.717, 1.165) is 38.5 Å². The van der Waals surface area contributed by atoms with Crippen LogP contribution in [0.25, 0.3) is 0 Å². The van der Waals surface area contributed by atoms with E-state index in [1.165, 1.54) is 0 Å². The molecule has 1 atom stereocenters. The fourth-order valence-electron chi connectivity index (χ4n) is 5.03. The number of hydrogen-bond acceptors (Lipinski definition) is 5. The van der Waals surface area contributed by atoms with Crippen LogP contribution < -0.4 is 0 Å². The molecular weight excluding hydrogens is 340 g/mol. The summed E-state index contributed by atoms with van der Waals surface area (Å²) in [4.78, 5) is 15.1. The van der Waals surface area contributed by atoms with Gasteiger partial charge in [-0.3, -0.25) is 0 Å². The van der Waals surface area contributed by atoms with Crippen molar-refractivity contribution in [1.82, 2.24) is 0 Å².